The minimum absolute atomic E-state index is 0.00589. The number of thiocarbonyl (C=S) groups is 1. The number of ether oxygens (including phenoxy) is 3. The first kappa shape index (κ1) is 26.1. The Balaban J connectivity index is 1.43. The van der Waals surface area contributed by atoms with Crippen molar-refractivity contribution < 1.29 is 32.2 Å². The van der Waals surface area contributed by atoms with Crippen LogP contribution < -0.4 is 14.2 Å². The van der Waals surface area contributed by atoms with Gasteiger partial charge in [-0.05, 0) is 47.5 Å². The molecule has 3 aromatic carbocycles. The smallest absolute Gasteiger partial charge is 0.166 e. The maximum absolute atomic E-state index is 14.9. The van der Waals surface area contributed by atoms with Crippen molar-refractivity contribution in [3.8, 4) is 23.0 Å². The molecule has 190 valence electrons. The van der Waals surface area contributed by atoms with Crippen LogP contribution in [0.15, 0.2) is 60.8 Å². The molecule has 0 radical (unpaired) electrons. The van der Waals surface area contributed by atoms with Gasteiger partial charge in [0.25, 0.3) is 0 Å². The van der Waals surface area contributed by atoms with Gasteiger partial charge in [0, 0.05) is 41.8 Å². The van der Waals surface area contributed by atoms with Gasteiger partial charge < -0.3 is 14.2 Å². The van der Waals surface area contributed by atoms with Crippen molar-refractivity contribution in [2.45, 2.75) is 19.3 Å². The minimum atomic E-state index is -1.01. The zero-order valence-electron chi connectivity index (χ0n) is 20.0. The number of methoxy groups -OCH3 is 2. The molecule has 0 unspecified atom stereocenters. The van der Waals surface area contributed by atoms with E-state index in [1.54, 1.807) is 30.5 Å². The number of halogens is 3. The van der Waals surface area contributed by atoms with Crippen LogP contribution in [0.2, 0.25) is 0 Å². The van der Waals surface area contributed by atoms with E-state index < -0.39 is 17.5 Å². The highest BCUT2D eigenvalue weighted by Crippen LogP contribution is 2.37. The van der Waals surface area contributed by atoms with E-state index in [2.05, 4.69) is 4.98 Å². The van der Waals surface area contributed by atoms with E-state index in [0.29, 0.717) is 44.1 Å². The molecule has 0 bridgehead atoms. The highest BCUT2D eigenvalue weighted by molar-refractivity contribution is 7.80. The summed E-state index contributed by atoms with van der Waals surface area (Å²) in [5.41, 5.74) is 1.52. The van der Waals surface area contributed by atoms with Crippen molar-refractivity contribution >= 4 is 33.8 Å². The van der Waals surface area contributed by atoms with E-state index in [1.165, 1.54) is 32.4 Å². The Morgan fingerprint density at radius 2 is 1.46 bits per heavy atom. The van der Waals surface area contributed by atoms with Crippen molar-refractivity contribution in [3.05, 3.63) is 89.4 Å². The number of carbonyl (C=O) groups excluding carboxylic acids is 1. The second-order valence-corrected chi connectivity index (χ2v) is 8.83. The summed E-state index contributed by atoms with van der Waals surface area (Å²) in [6.07, 6.45) is 1.63. The number of ketones is 1. The summed E-state index contributed by atoms with van der Waals surface area (Å²) < 4.78 is 57.8. The van der Waals surface area contributed by atoms with E-state index in [0.717, 1.165) is 12.1 Å². The Labute approximate surface area is 216 Å². The Kier molecular flexibility index (Phi) is 8.03. The number of aromatic nitrogens is 1. The normalized spacial score (nSPS) is 10.8. The van der Waals surface area contributed by atoms with E-state index in [4.69, 9.17) is 26.4 Å². The topological polar surface area (TPSA) is 57.7 Å². The second-order valence-electron chi connectivity index (χ2n) is 8.26. The van der Waals surface area contributed by atoms with Crippen LogP contribution >= 0.6 is 12.2 Å². The first-order valence-corrected chi connectivity index (χ1v) is 11.6. The van der Waals surface area contributed by atoms with E-state index in [9.17, 15) is 18.0 Å². The van der Waals surface area contributed by atoms with Crippen molar-refractivity contribution in [3.63, 3.8) is 0 Å². The second kappa shape index (κ2) is 11.4. The van der Waals surface area contributed by atoms with Gasteiger partial charge in [0.1, 0.15) is 11.5 Å². The van der Waals surface area contributed by atoms with Crippen molar-refractivity contribution in [2.24, 2.45) is 0 Å². The molecule has 0 fully saturated rings. The molecule has 0 aliphatic carbocycles. The molecule has 5 nitrogen and oxygen atoms in total. The highest BCUT2D eigenvalue weighted by Gasteiger charge is 2.15. The van der Waals surface area contributed by atoms with Crippen LogP contribution in [0.4, 0.5) is 13.2 Å². The summed E-state index contributed by atoms with van der Waals surface area (Å²) in [5.74, 6) is -1.44. The Morgan fingerprint density at radius 3 is 2.16 bits per heavy atom. The largest absolute Gasteiger partial charge is 0.493 e. The quantitative estimate of drug-likeness (QED) is 0.218. The molecule has 0 saturated carbocycles. The number of carbonyl (C=O) groups is 1. The number of hydrogen-bond acceptors (Lipinski definition) is 6. The maximum Gasteiger partial charge on any atom is 0.166 e. The van der Waals surface area contributed by atoms with Crippen molar-refractivity contribution in [2.75, 3.05) is 14.2 Å². The molecule has 0 N–H and O–H groups in total. The lowest BCUT2D eigenvalue weighted by Crippen LogP contribution is -2.11. The van der Waals surface area contributed by atoms with Crippen LogP contribution in [0, 0.1) is 17.5 Å². The van der Waals surface area contributed by atoms with E-state index in [-0.39, 0.29) is 30.8 Å². The minimum Gasteiger partial charge on any atom is -0.493 e. The summed E-state index contributed by atoms with van der Waals surface area (Å²) in [4.78, 5) is 17.0. The summed E-state index contributed by atoms with van der Waals surface area (Å²) in [5, 5.41) is 0.615. The number of nitrogens with zero attached hydrogens (tertiary/aromatic N) is 1. The van der Waals surface area contributed by atoms with Gasteiger partial charge in [-0.15, -0.1) is 0 Å². The standard InChI is InChI=1S/C28H22F3NO4S/c1-34-27-14-20-24(15-28(27)35-2)32-8-7-25(20)36-26-6-4-17(12-23(26)31)10-19(37)13-18(33)9-16-3-5-21(29)22(30)11-16/h3-8,11-12,14-15H,9-10,13H2,1-2H3. The fourth-order valence-electron chi connectivity index (χ4n) is 3.84. The number of fused-ring (bicyclic) bond motifs is 1. The molecule has 0 aliphatic rings. The predicted octanol–water partition coefficient (Wildman–Crippen LogP) is 6.58. The van der Waals surface area contributed by atoms with Crippen LogP contribution in [0.25, 0.3) is 10.9 Å². The molecule has 0 aliphatic heterocycles. The maximum atomic E-state index is 14.9. The van der Waals surface area contributed by atoms with Gasteiger partial charge in [-0.2, -0.15) is 0 Å². The average Bonchev–Trinajstić information content (AvgIpc) is 2.87. The third-order valence-electron chi connectivity index (χ3n) is 5.60. The van der Waals surface area contributed by atoms with Gasteiger partial charge in [0.2, 0.25) is 0 Å². The molecule has 0 saturated heterocycles. The van der Waals surface area contributed by atoms with Gasteiger partial charge in [0.15, 0.2) is 34.7 Å². The zero-order valence-corrected chi connectivity index (χ0v) is 20.8. The van der Waals surface area contributed by atoms with Gasteiger partial charge in [-0.3, -0.25) is 9.78 Å². The van der Waals surface area contributed by atoms with Crippen molar-refractivity contribution in [1.82, 2.24) is 4.98 Å². The summed E-state index contributed by atoms with van der Waals surface area (Å²) in [6, 6.07) is 12.8. The molecule has 1 aromatic heterocycles. The molecule has 37 heavy (non-hydrogen) atoms. The van der Waals surface area contributed by atoms with Crippen LogP contribution in [0.1, 0.15) is 17.5 Å². The Morgan fingerprint density at radius 1 is 0.784 bits per heavy atom. The van der Waals surface area contributed by atoms with Crippen LogP contribution in [-0.4, -0.2) is 29.9 Å². The number of hydrogen-bond donors (Lipinski definition) is 0. The van der Waals surface area contributed by atoms with Gasteiger partial charge in [0.05, 0.1) is 19.7 Å². The van der Waals surface area contributed by atoms with Crippen LogP contribution in [-0.2, 0) is 17.6 Å². The lowest BCUT2D eigenvalue weighted by molar-refractivity contribution is -0.117. The number of Topliss-reactive ketones (excluding diaryl/α,β-unsaturated/α-hetero) is 1. The summed E-state index contributed by atoms with van der Waals surface area (Å²) in [6.45, 7) is 0. The number of pyridine rings is 1. The predicted molar refractivity (Wildman–Crippen MR) is 137 cm³/mol. The summed E-state index contributed by atoms with van der Waals surface area (Å²) in [7, 11) is 3.04. The highest BCUT2D eigenvalue weighted by atomic mass is 32.1. The van der Waals surface area contributed by atoms with Gasteiger partial charge in [-0.25, -0.2) is 13.2 Å². The van der Waals surface area contributed by atoms with Gasteiger partial charge >= 0.3 is 0 Å². The first-order valence-electron chi connectivity index (χ1n) is 11.2. The molecule has 9 heteroatoms. The van der Waals surface area contributed by atoms with Crippen LogP contribution in [0.3, 0.4) is 0 Å². The lowest BCUT2D eigenvalue weighted by Gasteiger charge is -2.13. The fourth-order valence-corrected chi connectivity index (χ4v) is 4.17. The average molecular weight is 526 g/mol. The summed E-state index contributed by atoms with van der Waals surface area (Å²) >= 11 is 5.32. The SMILES string of the molecule is COc1cc2nccc(Oc3ccc(CC(=S)CC(=O)Cc4ccc(F)c(F)c4)cc3F)c2cc1OC. The zero-order chi connectivity index (χ0) is 26.5. The molecule has 4 rings (SSSR count). The Bertz CT molecular complexity index is 1490. The van der Waals surface area contributed by atoms with E-state index >= 15 is 0 Å². The van der Waals surface area contributed by atoms with Gasteiger partial charge in [-0.1, -0.05) is 24.4 Å². The first-order chi connectivity index (χ1) is 17.8. The van der Waals surface area contributed by atoms with Crippen molar-refractivity contribution in [1.29, 1.82) is 0 Å². The molecule has 0 spiro atoms. The van der Waals surface area contributed by atoms with Crippen LogP contribution in [0.5, 0.6) is 23.0 Å². The third kappa shape index (κ3) is 6.24. The molecular weight excluding hydrogens is 503 g/mol. The fraction of sp³-hybridized carbons (Fsp3) is 0.179. The Hall–Kier alpha value is -3.98. The van der Waals surface area contributed by atoms with E-state index in [1.807, 2.05) is 0 Å². The number of rotatable bonds is 10. The molecule has 1 heterocycles. The molecule has 0 amide bonds. The number of benzene rings is 3. The molecular formula is C28H22F3NO4S. The molecule has 0 atom stereocenters. The monoisotopic (exact) mass is 525 g/mol. The molecule has 4 aromatic rings. The lowest BCUT2D eigenvalue weighted by atomic mass is 10.0. The third-order valence-corrected chi connectivity index (χ3v) is 5.89.